The molecule has 3 aromatic carbocycles. The highest BCUT2D eigenvalue weighted by atomic mass is 31.2. The molecule has 2 aliphatic rings. The Labute approximate surface area is 310 Å². The topological polar surface area (TPSA) is 115 Å². The molecule has 2 aliphatic heterocycles. The lowest BCUT2D eigenvalue weighted by Crippen LogP contribution is -2.53. The van der Waals surface area contributed by atoms with Crippen molar-refractivity contribution in [1.82, 2.24) is 14.9 Å². The van der Waals surface area contributed by atoms with E-state index in [2.05, 4.69) is 55.9 Å². The van der Waals surface area contributed by atoms with Crippen LogP contribution in [0, 0.1) is 11.3 Å². The van der Waals surface area contributed by atoms with Gasteiger partial charge in [-0.3, -0.25) is 0 Å². The number of urea groups is 1. The van der Waals surface area contributed by atoms with Crippen LogP contribution in [0.4, 0.5) is 4.79 Å². The molecule has 2 fully saturated rings. The van der Waals surface area contributed by atoms with E-state index in [1.807, 2.05) is 85.5 Å². The van der Waals surface area contributed by atoms with Gasteiger partial charge < -0.3 is 38.2 Å². The SMILES string of the molecule is COc1ccc(C(OCC23CN(C(=O)NC(C)C)C(CO2)C3OP(OCCC#N)N(C(C)C)C(C)C)(c2ccccc2)c2ccc(OC)cc2)cc1. The molecule has 2 saturated heterocycles. The summed E-state index contributed by atoms with van der Waals surface area (Å²) in [5.41, 5.74) is 0.525. The number of rotatable bonds is 17. The van der Waals surface area contributed by atoms with E-state index in [0.29, 0.717) is 0 Å². The molecule has 3 aromatic rings. The van der Waals surface area contributed by atoms with Crippen molar-refractivity contribution < 1.29 is 32.8 Å². The minimum Gasteiger partial charge on any atom is -0.497 e. The first-order valence-electron chi connectivity index (χ1n) is 17.9. The Morgan fingerprint density at radius 3 is 2.00 bits per heavy atom. The maximum absolute atomic E-state index is 13.7. The summed E-state index contributed by atoms with van der Waals surface area (Å²) < 4.78 is 40.8. The van der Waals surface area contributed by atoms with Crippen LogP contribution in [0.15, 0.2) is 78.9 Å². The van der Waals surface area contributed by atoms with Crippen molar-refractivity contribution in [1.29, 1.82) is 5.26 Å². The molecule has 2 amide bonds. The minimum absolute atomic E-state index is 0.0567. The molecule has 2 bridgehead atoms. The maximum atomic E-state index is 13.7. The van der Waals surface area contributed by atoms with Gasteiger partial charge in [0, 0.05) is 18.1 Å². The number of hydrogen-bond acceptors (Lipinski definition) is 9. The zero-order chi connectivity index (χ0) is 37.5. The van der Waals surface area contributed by atoms with E-state index in [0.717, 1.165) is 28.2 Å². The smallest absolute Gasteiger partial charge is 0.318 e. The first-order valence-corrected chi connectivity index (χ1v) is 19.1. The number of morpholine rings is 1. The molecule has 280 valence electrons. The number of carbonyl (C=O) groups excluding carboxylic acids is 1. The van der Waals surface area contributed by atoms with Gasteiger partial charge in [-0.15, -0.1) is 0 Å². The Hall–Kier alpha value is -3.75. The fourth-order valence-electron chi connectivity index (χ4n) is 7.15. The van der Waals surface area contributed by atoms with E-state index in [9.17, 15) is 10.1 Å². The van der Waals surface area contributed by atoms with Crippen LogP contribution < -0.4 is 14.8 Å². The van der Waals surface area contributed by atoms with Crippen LogP contribution in [0.3, 0.4) is 0 Å². The van der Waals surface area contributed by atoms with E-state index >= 15 is 0 Å². The van der Waals surface area contributed by atoms with Gasteiger partial charge in [-0.1, -0.05) is 54.6 Å². The van der Waals surface area contributed by atoms with E-state index in [1.165, 1.54) is 0 Å². The number of nitrogens with one attached hydrogen (secondary N) is 1. The van der Waals surface area contributed by atoms with Gasteiger partial charge in [-0.25, -0.2) is 9.46 Å². The number of nitrogens with zero attached hydrogens (tertiary/aromatic N) is 3. The van der Waals surface area contributed by atoms with Gasteiger partial charge in [0.1, 0.15) is 28.8 Å². The van der Waals surface area contributed by atoms with Crippen molar-refractivity contribution in [3.05, 3.63) is 95.6 Å². The molecule has 11 nitrogen and oxygen atoms in total. The van der Waals surface area contributed by atoms with Gasteiger partial charge in [-0.2, -0.15) is 5.26 Å². The largest absolute Gasteiger partial charge is 0.497 e. The van der Waals surface area contributed by atoms with Gasteiger partial charge >= 0.3 is 6.03 Å². The van der Waals surface area contributed by atoms with Crippen molar-refractivity contribution in [3.8, 4) is 17.6 Å². The average Bonchev–Trinajstić information content (AvgIpc) is 3.63. The third kappa shape index (κ3) is 8.23. The van der Waals surface area contributed by atoms with Crippen LogP contribution in [0.1, 0.15) is 64.7 Å². The fourth-order valence-corrected chi connectivity index (χ4v) is 8.98. The highest BCUT2D eigenvalue weighted by molar-refractivity contribution is 7.44. The van der Waals surface area contributed by atoms with Gasteiger partial charge in [0.2, 0.25) is 0 Å². The summed E-state index contributed by atoms with van der Waals surface area (Å²) in [5, 5.41) is 12.4. The highest BCUT2D eigenvalue weighted by Gasteiger charge is 2.63. The average molecular weight is 733 g/mol. The summed E-state index contributed by atoms with van der Waals surface area (Å²) >= 11 is 0. The number of likely N-dealkylation sites (tertiary alicyclic amines) is 1. The summed E-state index contributed by atoms with van der Waals surface area (Å²) in [7, 11) is 1.64. The van der Waals surface area contributed by atoms with Crippen LogP contribution in [0.25, 0.3) is 0 Å². The lowest BCUT2D eigenvalue weighted by molar-refractivity contribution is -0.132. The molecule has 1 N–H and O–H groups in total. The first kappa shape index (κ1) is 39.5. The van der Waals surface area contributed by atoms with Crippen LogP contribution >= 0.6 is 8.53 Å². The first-order chi connectivity index (χ1) is 25.0. The van der Waals surface area contributed by atoms with Crippen LogP contribution in [-0.2, 0) is 24.1 Å². The normalized spacial score (nSPS) is 20.5. The second-order valence-electron chi connectivity index (χ2n) is 14.0. The fraction of sp³-hybridized carbons (Fsp3) is 0.500. The summed E-state index contributed by atoms with van der Waals surface area (Å²) in [4.78, 5) is 15.6. The van der Waals surface area contributed by atoms with E-state index < -0.39 is 25.8 Å². The second kappa shape index (κ2) is 17.4. The highest BCUT2D eigenvalue weighted by Crippen LogP contribution is 2.54. The second-order valence-corrected chi connectivity index (χ2v) is 15.4. The standard InChI is InChI=1S/C40H53N4O7P/c1-28(2)42-38(45)43-26-39(37(36(43)25-48-39)51-52(50-24-12-23-41)44(29(3)4)30(5)6)27-49-40(31-13-10-9-11-14-31,32-15-19-34(46-7)20-16-32)33-17-21-35(47-8)22-18-33/h9-11,13-22,28-30,36-37H,12,24-27H2,1-8H3,(H,42,45). The van der Waals surface area contributed by atoms with Crippen molar-refractivity contribution in [2.24, 2.45) is 0 Å². The molecule has 4 atom stereocenters. The van der Waals surface area contributed by atoms with Gasteiger partial charge in [0.25, 0.3) is 8.53 Å². The number of benzene rings is 3. The predicted octanol–water partition coefficient (Wildman–Crippen LogP) is 7.24. The predicted molar refractivity (Wildman–Crippen MR) is 201 cm³/mol. The van der Waals surface area contributed by atoms with E-state index in [1.54, 1.807) is 14.2 Å². The lowest BCUT2D eigenvalue weighted by atomic mass is 9.79. The molecule has 52 heavy (non-hydrogen) atoms. The molecule has 0 aliphatic carbocycles. The Kier molecular flexibility index (Phi) is 13.2. The Balaban J connectivity index is 1.62. The summed E-state index contributed by atoms with van der Waals surface area (Å²) in [5.74, 6) is 1.45. The number of fused-ring (bicyclic) bond motifs is 2. The summed E-state index contributed by atoms with van der Waals surface area (Å²) in [6.07, 6.45) is -0.351. The third-order valence-corrected chi connectivity index (χ3v) is 11.6. The quantitative estimate of drug-likeness (QED) is 0.0872. The molecule has 12 heteroatoms. The lowest BCUT2D eigenvalue weighted by Gasteiger charge is -2.41. The van der Waals surface area contributed by atoms with Crippen LogP contribution in [0.5, 0.6) is 11.5 Å². The van der Waals surface area contributed by atoms with E-state index in [-0.39, 0.29) is 63.0 Å². The van der Waals surface area contributed by atoms with Gasteiger partial charge in [0.15, 0.2) is 0 Å². The molecular weight excluding hydrogens is 679 g/mol. The molecule has 0 aromatic heterocycles. The number of ether oxygens (including phenoxy) is 4. The molecule has 5 rings (SSSR count). The van der Waals surface area contributed by atoms with Gasteiger partial charge in [0.05, 0.1) is 59.1 Å². The van der Waals surface area contributed by atoms with E-state index in [4.69, 9.17) is 28.0 Å². The van der Waals surface area contributed by atoms with Gasteiger partial charge in [-0.05, 0) is 82.5 Å². The van der Waals surface area contributed by atoms with Crippen molar-refractivity contribution in [2.75, 3.05) is 40.6 Å². The Morgan fingerprint density at radius 2 is 1.50 bits per heavy atom. The van der Waals surface area contributed by atoms with Crippen LogP contribution in [0.2, 0.25) is 0 Å². The van der Waals surface area contributed by atoms with Crippen molar-refractivity contribution in [3.63, 3.8) is 0 Å². The monoisotopic (exact) mass is 732 g/mol. The number of nitriles is 1. The van der Waals surface area contributed by atoms with Crippen molar-refractivity contribution in [2.45, 2.75) is 89.4 Å². The van der Waals surface area contributed by atoms with Crippen LogP contribution in [-0.4, -0.2) is 92.1 Å². The number of hydrogen-bond donors (Lipinski definition) is 1. The summed E-state index contributed by atoms with van der Waals surface area (Å²) in [6, 6.07) is 27.6. The molecule has 0 radical (unpaired) electrons. The number of methoxy groups -OCH3 is 2. The molecule has 4 unspecified atom stereocenters. The maximum Gasteiger partial charge on any atom is 0.318 e. The number of carbonyl (C=O) groups is 1. The van der Waals surface area contributed by atoms with Crippen molar-refractivity contribution >= 4 is 14.6 Å². The zero-order valence-electron chi connectivity index (χ0n) is 31.6. The Bertz CT molecular complexity index is 1580. The molecular formula is C40H53N4O7P. The summed E-state index contributed by atoms with van der Waals surface area (Å²) in [6.45, 7) is 13.1. The molecule has 2 heterocycles. The zero-order valence-corrected chi connectivity index (χ0v) is 32.5. The Morgan fingerprint density at radius 1 is 0.942 bits per heavy atom. The third-order valence-electron chi connectivity index (χ3n) is 9.49. The number of amides is 2. The minimum atomic E-state index is -1.65. The molecule has 0 spiro atoms. The molecule has 0 saturated carbocycles.